The normalized spacial score (nSPS) is 12.9. The number of hydrogen-bond donors (Lipinski definition) is 0. The molecular weight excluding hydrogens is 392 g/mol. The van der Waals surface area contributed by atoms with Crippen molar-refractivity contribution in [3.8, 4) is 11.5 Å². The fraction of sp³-hybridized carbons (Fsp3) is 0.346. The summed E-state index contributed by atoms with van der Waals surface area (Å²) in [5.41, 5.74) is 1.26. The summed E-state index contributed by atoms with van der Waals surface area (Å²) in [6.07, 6.45) is 0.365. The number of fused-ring (bicyclic) bond motifs is 1. The molecule has 31 heavy (non-hydrogen) atoms. The molecule has 164 valence electrons. The first-order chi connectivity index (χ1) is 15.1. The van der Waals surface area contributed by atoms with Crippen LogP contribution >= 0.6 is 0 Å². The smallest absolute Gasteiger partial charge is 0.302 e. The second kappa shape index (κ2) is 11.4. The minimum Gasteiger partial charge on any atom is -0.491 e. The van der Waals surface area contributed by atoms with Crippen molar-refractivity contribution in [1.82, 2.24) is 0 Å². The van der Waals surface area contributed by atoms with E-state index in [9.17, 15) is 4.79 Å². The van der Waals surface area contributed by atoms with Crippen LogP contribution in [0.25, 0.3) is 10.8 Å². The Hall–Kier alpha value is -3.05. The lowest BCUT2D eigenvalue weighted by Crippen LogP contribution is -2.29. The molecule has 0 aliphatic rings. The molecule has 0 bridgehead atoms. The Morgan fingerprint density at radius 3 is 2.42 bits per heavy atom. The quantitative estimate of drug-likeness (QED) is 0.225. The Labute approximate surface area is 183 Å². The van der Waals surface area contributed by atoms with Crippen molar-refractivity contribution in [3.05, 3.63) is 72.3 Å². The average molecular weight is 423 g/mol. The maximum Gasteiger partial charge on any atom is 0.302 e. The van der Waals surface area contributed by atoms with E-state index in [1.54, 1.807) is 0 Å². The summed E-state index contributed by atoms with van der Waals surface area (Å²) in [6, 6.07) is 22.0. The third-order valence-corrected chi connectivity index (χ3v) is 5.15. The first kappa shape index (κ1) is 22.6. The van der Waals surface area contributed by atoms with Gasteiger partial charge in [0.1, 0.15) is 18.1 Å². The largest absolute Gasteiger partial charge is 0.491 e. The molecule has 0 fully saturated rings. The van der Waals surface area contributed by atoms with Gasteiger partial charge in [-0.25, -0.2) is 0 Å². The van der Waals surface area contributed by atoms with Gasteiger partial charge >= 0.3 is 5.97 Å². The van der Waals surface area contributed by atoms with Gasteiger partial charge in [-0.2, -0.15) is 0 Å². The van der Waals surface area contributed by atoms with Crippen molar-refractivity contribution in [2.45, 2.75) is 39.4 Å². The Kier molecular flexibility index (Phi) is 8.30. The highest BCUT2D eigenvalue weighted by atomic mass is 16.7. The van der Waals surface area contributed by atoms with Crippen LogP contribution in [0.3, 0.4) is 0 Å². The van der Waals surface area contributed by atoms with Gasteiger partial charge in [-0.3, -0.25) is 4.79 Å². The van der Waals surface area contributed by atoms with Crippen LogP contribution in [-0.2, 0) is 14.3 Å². The zero-order valence-corrected chi connectivity index (χ0v) is 18.4. The van der Waals surface area contributed by atoms with Crippen molar-refractivity contribution >= 4 is 16.7 Å². The molecule has 0 aliphatic heterocycles. The summed E-state index contributed by atoms with van der Waals surface area (Å²) >= 11 is 0. The highest BCUT2D eigenvalue weighted by Gasteiger charge is 2.14. The van der Waals surface area contributed by atoms with Gasteiger partial charge in [-0.1, -0.05) is 62.4 Å². The van der Waals surface area contributed by atoms with Gasteiger partial charge in [-0.05, 0) is 41.5 Å². The number of carbonyl (C=O) groups is 1. The second-order valence-corrected chi connectivity index (χ2v) is 7.42. The summed E-state index contributed by atoms with van der Waals surface area (Å²) in [6.45, 7) is 6.37. The molecule has 0 amide bonds. The number of carbonyl (C=O) groups excluding carboxylic acids is 1. The molecule has 3 aromatic carbocycles. The molecule has 0 spiro atoms. The van der Waals surface area contributed by atoms with E-state index < -0.39 is 6.29 Å². The van der Waals surface area contributed by atoms with E-state index in [1.807, 2.05) is 54.6 Å². The molecule has 5 nitrogen and oxygen atoms in total. The molecule has 0 saturated carbocycles. The van der Waals surface area contributed by atoms with Crippen LogP contribution in [0, 0.1) is 0 Å². The lowest BCUT2D eigenvalue weighted by atomic mass is 9.99. The molecule has 2 atom stereocenters. The van der Waals surface area contributed by atoms with E-state index in [0.29, 0.717) is 24.9 Å². The lowest BCUT2D eigenvalue weighted by Gasteiger charge is -2.20. The number of benzene rings is 3. The van der Waals surface area contributed by atoms with Crippen molar-refractivity contribution in [2.24, 2.45) is 0 Å². The molecule has 3 aromatic rings. The van der Waals surface area contributed by atoms with E-state index >= 15 is 0 Å². The Balaban J connectivity index is 1.55. The first-order valence-corrected chi connectivity index (χ1v) is 10.7. The van der Waals surface area contributed by atoms with Crippen LogP contribution in [0.5, 0.6) is 11.5 Å². The van der Waals surface area contributed by atoms with Crippen molar-refractivity contribution in [1.29, 1.82) is 0 Å². The summed E-state index contributed by atoms with van der Waals surface area (Å²) in [5, 5.41) is 2.18. The summed E-state index contributed by atoms with van der Waals surface area (Å²) in [7, 11) is 0. The molecular formula is C26H30O5. The van der Waals surface area contributed by atoms with Crippen LogP contribution in [0.2, 0.25) is 0 Å². The van der Waals surface area contributed by atoms with Gasteiger partial charge in [0, 0.05) is 12.3 Å². The molecule has 0 radical (unpaired) electrons. The molecule has 0 saturated heterocycles. The predicted octanol–water partition coefficient (Wildman–Crippen LogP) is 5.72. The fourth-order valence-corrected chi connectivity index (χ4v) is 3.22. The molecule has 5 heteroatoms. The van der Waals surface area contributed by atoms with Crippen LogP contribution in [-0.4, -0.2) is 32.1 Å². The Bertz CT molecular complexity index is 962. The van der Waals surface area contributed by atoms with Gasteiger partial charge in [0.25, 0.3) is 0 Å². The monoisotopic (exact) mass is 422 g/mol. The molecule has 0 N–H and O–H groups in total. The van der Waals surface area contributed by atoms with Gasteiger partial charge in [-0.15, -0.1) is 0 Å². The standard InChI is InChI=1S/C26H30O5/c1-4-19(2)21-12-14-23(15-13-21)31-26(18-30-20(3)27)29-17-16-28-25-11-7-9-22-8-5-6-10-24(22)25/h5-15,19,26H,4,16-18H2,1-3H3. The number of esters is 1. The van der Waals surface area contributed by atoms with E-state index in [1.165, 1.54) is 12.5 Å². The van der Waals surface area contributed by atoms with Crippen molar-refractivity contribution in [2.75, 3.05) is 19.8 Å². The van der Waals surface area contributed by atoms with Crippen molar-refractivity contribution < 1.29 is 23.7 Å². The van der Waals surface area contributed by atoms with Gasteiger partial charge < -0.3 is 18.9 Å². The maximum absolute atomic E-state index is 11.2. The lowest BCUT2D eigenvalue weighted by molar-refractivity contribution is -0.159. The average Bonchev–Trinajstić information content (AvgIpc) is 2.80. The predicted molar refractivity (Wildman–Crippen MR) is 122 cm³/mol. The molecule has 2 unspecified atom stereocenters. The minimum atomic E-state index is -0.713. The Morgan fingerprint density at radius 1 is 0.935 bits per heavy atom. The summed E-state index contributed by atoms with van der Waals surface area (Å²) in [5.74, 6) is 1.59. The molecule has 3 rings (SSSR count). The number of ether oxygens (including phenoxy) is 4. The summed E-state index contributed by atoms with van der Waals surface area (Å²) < 4.78 is 22.7. The van der Waals surface area contributed by atoms with E-state index in [-0.39, 0.29) is 12.6 Å². The zero-order chi connectivity index (χ0) is 22.1. The highest BCUT2D eigenvalue weighted by Crippen LogP contribution is 2.25. The minimum absolute atomic E-state index is 0.0106. The Morgan fingerprint density at radius 2 is 1.68 bits per heavy atom. The number of rotatable bonds is 11. The van der Waals surface area contributed by atoms with Crippen LogP contribution in [0.15, 0.2) is 66.7 Å². The fourth-order valence-electron chi connectivity index (χ4n) is 3.22. The second-order valence-electron chi connectivity index (χ2n) is 7.42. The summed E-state index contributed by atoms with van der Waals surface area (Å²) in [4.78, 5) is 11.2. The SMILES string of the molecule is CCC(C)c1ccc(OC(COC(C)=O)OCCOc2cccc3ccccc23)cc1. The molecule has 0 aliphatic carbocycles. The van der Waals surface area contributed by atoms with E-state index in [4.69, 9.17) is 18.9 Å². The highest BCUT2D eigenvalue weighted by molar-refractivity contribution is 5.88. The third-order valence-electron chi connectivity index (χ3n) is 5.15. The van der Waals surface area contributed by atoms with Gasteiger partial charge in [0.15, 0.2) is 6.61 Å². The van der Waals surface area contributed by atoms with Crippen LogP contribution < -0.4 is 9.47 Å². The molecule has 0 heterocycles. The van der Waals surface area contributed by atoms with Crippen LogP contribution in [0.1, 0.15) is 38.7 Å². The van der Waals surface area contributed by atoms with Gasteiger partial charge in [0.2, 0.25) is 6.29 Å². The van der Waals surface area contributed by atoms with Crippen LogP contribution in [0.4, 0.5) is 0 Å². The number of hydrogen-bond acceptors (Lipinski definition) is 5. The topological polar surface area (TPSA) is 54.0 Å². The van der Waals surface area contributed by atoms with Gasteiger partial charge in [0.05, 0.1) is 6.61 Å². The molecule has 0 aromatic heterocycles. The maximum atomic E-state index is 11.2. The third kappa shape index (κ3) is 6.72. The van der Waals surface area contributed by atoms with E-state index in [2.05, 4.69) is 26.0 Å². The zero-order valence-electron chi connectivity index (χ0n) is 18.4. The van der Waals surface area contributed by atoms with Crippen molar-refractivity contribution in [3.63, 3.8) is 0 Å². The van der Waals surface area contributed by atoms with E-state index in [0.717, 1.165) is 22.9 Å². The first-order valence-electron chi connectivity index (χ1n) is 10.7.